The van der Waals surface area contributed by atoms with E-state index in [0.29, 0.717) is 28.6 Å². The van der Waals surface area contributed by atoms with E-state index in [4.69, 9.17) is 9.47 Å². The number of carbonyl (C=O) groups excluding carboxylic acids is 2. The van der Waals surface area contributed by atoms with Gasteiger partial charge in [-0.3, -0.25) is 10.1 Å². The number of hydrogen-bond acceptors (Lipinski definition) is 6. The van der Waals surface area contributed by atoms with Gasteiger partial charge in [0.2, 0.25) is 0 Å². The second-order valence-electron chi connectivity index (χ2n) is 6.77. The molecule has 1 aliphatic rings. The first-order valence-electron chi connectivity index (χ1n) is 8.13. The largest absolute Gasteiger partial charge is 0.457 e. The third-order valence-corrected chi connectivity index (χ3v) is 3.38. The van der Waals surface area contributed by atoms with Crippen LogP contribution in [-0.4, -0.2) is 28.7 Å². The molecular weight excluding hydrogens is 334 g/mol. The van der Waals surface area contributed by atoms with Gasteiger partial charge in [-0.25, -0.2) is 14.8 Å². The Labute approximate surface area is 151 Å². The third-order valence-electron chi connectivity index (χ3n) is 3.38. The fraction of sp³-hybridized carbons (Fsp3) is 0.263. The second kappa shape index (κ2) is 6.95. The maximum Gasteiger partial charge on any atom is 0.412 e. The van der Waals surface area contributed by atoms with Gasteiger partial charge in [0.1, 0.15) is 17.1 Å². The summed E-state index contributed by atoms with van der Waals surface area (Å²) in [6.07, 6.45) is 2.49. The van der Waals surface area contributed by atoms with Crippen LogP contribution in [-0.2, 0) is 16.0 Å². The summed E-state index contributed by atoms with van der Waals surface area (Å²) >= 11 is 0. The van der Waals surface area contributed by atoms with E-state index >= 15 is 0 Å². The quantitative estimate of drug-likeness (QED) is 0.899. The van der Waals surface area contributed by atoms with Crippen LogP contribution in [0.2, 0.25) is 0 Å². The molecule has 2 heterocycles. The van der Waals surface area contributed by atoms with Crippen molar-refractivity contribution in [1.29, 1.82) is 0 Å². The molecule has 0 saturated carbocycles. The molecule has 26 heavy (non-hydrogen) atoms. The Hall–Kier alpha value is -3.22. The molecule has 7 nitrogen and oxygen atoms in total. The number of nitrogens with zero attached hydrogens (tertiary/aromatic N) is 2. The molecule has 0 radical (unpaired) electrons. The van der Waals surface area contributed by atoms with Gasteiger partial charge in [-0.1, -0.05) is 6.07 Å². The van der Waals surface area contributed by atoms with Crippen molar-refractivity contribution in [2.45, 2.75) is 32.8 Å². The fourth-order valence-electron chi connectivity index (χ4n) is 2.38. The molecule has 0 spiro atoms. The van der Waals surface area contributed by atoms with E-state index in [1.807, 2.05) is 0 Å². The molecule has 7 heteroatoms. The topological polar surface area (TPSA) is 89.9 Å². The van der Waals surface area contributed by atoms with Gasteiger partial charge in [-0.05, 0) is 39.0 Å². The van der Waals surface area contributed by atoms with Gasteiger partial charge in [0, 0.05) is 29.9 Å². The van der Waals surface area contributed by atoms with Crippen molar-refractivity contribution in [3.05, 3.63) is 42.1 Å². The van der Waals surface area contributed by atoms with Crippen LogP contribution in [0.15, 0.2) is 41.5 Å². The number of aliphatic imine (C=N–C) groups is 1. The zero-order chi connectivity index (χ0) is 18.7. The number of nitrogens with one attached hydrogen (secondary N) is 1. The maximum absolute atomic E-state index is 11.9. The minimum absolute atomic E-state index is 0.101. The van der Waals surface area contributed by atoms with Crippen LogP contribution < -0.4 is 10.1 Å². The van der Waals surface area contributed by atoms with Crippen molar-refractivity contribution in [2.24, 2.45) is 4.99 Å². The van der Waals surface area contributed by atoms with E-state index in [0.717, 1.165) is 0 Å². The Morgan fingerprint density at radius 1 is 1.23 bits per heavy atom. The molecule has 1 N–H and O–H groups in total. The monoisotopic (exact) mass is 353 g/mol. The van der Waals surface area contributed by atoms with Gasteiger partial charge < -0.3 is 9.47 Å². The molecule has 1 amide bonds. The van der Waals surface area contributed by atoms with Crippen LogP contribution in [0, 0.1) is 0 Å². The summed E-state index contributed by atoms with van der Waals surface area (Å²) in [6.45, 7) is 5.38. The molecule has 0 atom stereocenters. The van der Waals surface area contributed by atoms with Gasteiger partial charge in [0.15, 0.2) is 11.6 Å². The van der Waals surface area contributed by atoms with Crippen molar-refractivity contribution >= 4 is 29.6 Å². The standard InChI is InChI=1S/C19H19N3O4/c1-19(2,3)26-18(24)22-12-5-4-6-14(9-12)25-16-7-8-20-17-15(16)10-13(23)11-21-17/h4-9,11H,10H2,1-3H3,(H,22,24). The second-order valence-corrected chi connectivity index (χ2v) is 6.77. The molecule has 0 unspecified atom stereocenters. The fourth-order valence-corrected chi connectivity index (χ4v) is 2.38. The molecule has 1 aliphatic heterocycles. The summed E-state index contributed by atoms with van der Waals surface area (Å²) in [4.78, 5) is 31.7. The average Bonchev–Trinajstić information content (AvgIpc) is 2.54. The molecule has 1 aromatic carbocycles. The molecule has 0 saturated heterocycles. The predicted molar refractivity (Wildman–Crippen MR) is 97.5 cm³/mol. The Morgan fingerprint density at radius 3 is 2.81 bits per heavy atom. The number of benzene rings is 1. The number of anilines is 1. The Kier molecular flexibility index (Phi) is 4.71. The number of carbonyl (C=O) groups is 2. The van der Waals surface area contributed by atoms with E-state index in [2.05, 4.69) is 15.3 Å². The summed E-state index contributed by atoms with van der Waals surface area (Å²) in [5.74, 6) is 1.39. The molecule has 0 fully saturated rings. The Morgan fingerprint density at radius 2 is 2.04 bits per heavy atom. The number of hydrogen-bond donors (Lipinski definition) is 1. The van der Waals surface area contributed by atoms with Gasteiger partial charge in [-0.15, -0.1) is 0 Å². The molecular formula is C19H19N3O4. The lowest BCUT2D eigenvalue weighted by molar-refractivity contribution is -0.112. The van der Waals surface area contributed by atoms with Crippen molar-refractivity contribution < 1.29 is 19.1 Å². The zero-order valence-electron chi connectivity index (χ0n) is 14.8. The number of aromatic nitrogens is 1. The number of ether oxygens (including phenoxy) is 2. The number of pyridine rings is 1. The summed E-state index contributed by atoms with van der Waals surface area (Å²) < 4.78 is 11.1. The lowest BCUT2D eigenvalue weighted by Crippen LogP contribution is -2.27. The van der Waals surface area contributed by atoms with Gasteiger partial charge in [0.25, 0.3) is 0 Å². The predicted octanol–water partition coefficient (Wildman–Crippen LogP) is 4.05. The van der Waals surface area contributed by atoms with Crippen LogP contribution in [0.3, 0.4) is 0 Å². The number of ketones is 1. The molecule has 1 aromatic heterocycles. The minimum atomic E-state index is -0.582. The molecule has 0 aliphatic carbocycles. The van der Waals surface area contributed by atoms with Crippen molar-refractivity contribution in [1.82, 2.24) is 4.98 Å². The first-order valence-corrected chi connectivity index (χ1v) is 8.13. The van der Waals surface area contributed by atoms with E-state index in [1.165, 1.54) is 6.21 Å². The smallest absolute Gasteiger partial charge is 0.412 e. The normalized spacial score (nSPS) is 13.1. The summed E-state index contributed by atoms with van der Waals surface area (Å²) in [5, 5.41) is 2.66. The van der Waals surface area contributed by atoms with Crippen LogP contribution in [0.5, 0.6) is 11.5 Å². The zero-order valence-corrected chi connectivity index (χ0v) is 14.8. The highest BCUT2D eigenvalue weighted by Gasteiger charge is 2.19. The highest BCUT2D eigenvalue weighted by Crippen LogP contribution is 2.33. The highest BCUT2D eigenvalue weighted by atomic mass is 16.6. The van der Waals surface area contributed by atoms with E-state index in [9.17, 15) is 9.59 Å². The first kappa shape index (κ1) is 17.6. The average molecular weight is 353 g/mol. The van der Waals surface area contributed by atoms with Gasteiger partial charge in [0.05, 0.1) is 6.21 Å². The van der Waals surface area contributed by atoms with Crippen LogP contribution in [0.25, 0.3) is 0 Å². The Bertz CT molecular complexity index is 885. The SMILES string of the molecule is CC(C)(C)OC(=O)Nc1cccc(Oc2ccnc3c2CC(=O)C=N3)c1. The highest BCUT2D eigenvalue weighted by molar-refractivity contribution is 6.29. The lowest BCUT2D eigenvalue weighted by Gasteiger charge is -2.20. The van der Waals surface area contributed by atoms with Crippen LogP contribution in [0.4, 0.5) is 16.3 Å². The lowest BCUT2D eigenvalue weighted by atomic mass is 10.1. The number of amides is 1. The van der Waals surface area contributed by atoms with Gasteiger partial charge in [-0.2, -0.15) is 0 Å². The van der Waals surface area contributed by atoms with E-state index in [-0.39, 0.29) is 12.2 Å². The molecule has 3 rings (SSSR count). The van der Waals surface area contributed by atoms with Crippen LogP contribution in [0.1, 0.15) is 26.3 Å². The third kappa shape index (κ3) is 4.44. The summed E-state index contributed by atoms with van der Waals surface area (Å²) in [5.41, 5.74) is 0.598. The van der Waals surface area contributed by atoms with Crippen molar-refractivity contribution in [3.63, 3.8) is 0 Å². The molecule has 2 aromatic rings. The Balaban J connectivity index is 1.77. The minimum Gasteiger partial charge on any atom is -0.457 e. The van der Waals surface area contributed by atoms with E-state index < -0.39 is 11.7 Å². The summed E-state index contributed by atoms with van der Waals surface area (Å²) in [7, 11) is 0. The first-order chi connectivity index (χ1) is 12.3. The van der Waals surface area contributed by atoms with Gasteiger partial charge >= 0.3 is 6.09 Å². The van der Waals surface area contributed by atoms with Crippen molar-refractivity contribution in [2.75, 3.05) is 5.32 Å². The number of Topliss-reactive ketones (excluding diaryl/α,β-unsaturated/α-hetero) is 1. The van der Waals surface area contributed by atoms with E-state index in [1.54, 1.807) is 57.3 Å². The summed E-state index contributed by atoms with van der Waals surface area (Å²) in [6, 6.07) is 8.58. The number of fused-ring (bicyclic) bond motifs is 1. The maximum atomic E-state index is 11.9. The number of rotatable bonds is 3. The molecule has 134 valence electrons. The molecule has 0 bridgehead atoms. The van der Waals surface area contributed by atoms with Crippen LogP contribution >= 0.6 is 0 Å². The van der Waals surface area contributed by atoms with Crippen molar-refractivity contribution in [3.8, 4) is 11.5 Å².